The second-order valence-electron chi connectivity index (χ2n) is 4.60. The van der Waals surface area contributed by atoms with Gasteiger partial charge in [-0.1, -0.05) is 18.2 Å². The molecule has 0 fully saturated rings. The van der Waals surface area contributed by atoms with E-state index in [0.717, 1.165) is 18.5 Å². The van der Waals surface area contributed by atoms with Crippen molar-refractivity contribution in [1.82, 2.24) is 9.55 Å². The number of para-hydroxylation sites is 1. The molecule has 21 heavy (non-hydrogen) atoms. The molecule has 0 atom stereocenters. The van der Waals surface area contributed by atoms with Gasteiger partial charge in [0.1, 0.15) is 0 Å². The third-order valence-electron chi connectivity index (χ3n) is 3.16. The molecule has 0 aliphatic heterocycles. The van der Waals surface area contributed by atoms with Crippen molar-refractivity contribution in [3.63, 3.8) is 0 Å². The maximum absolute atomic E-state index is 11.3. The molecule has 0 spiro atoms. The van der Waals surface area contributed by atoms with Crippen LogP contribution in [0.15, 0.2) is 30.3 Å². The van der Waals surface area contributed by atoms with Crippen LogP contribution in [0.3, 0.4) is 0 Å². The third-order valence-corrected chi connectivity index (χ3v) is 3.41. The molecule has 1 heterocycles. The van der Waals surface area contributed by atoms with Crippen molar-refractivity contribution in [3.8, 4) is 5.69 Å². The number of nitrogens with zero attached hydrogens (tertiary/aromatic N) is 2. The van der Waals surface area contributed by atoms with Gasteiger partial charge in [0, 0.05) is 19.4 Å². The normalized spacial score (nSPS) is 10.8. The van der Waals surface area contributed by atoms with Crippen LogP contribution in [0.4, 0.5) is 0 Å². The van der Waals surface area contributed by atoms with Gasteiger partial charge in [-0.25, -0.2) is 9.78 Å². The monoisotopic (exact) mass is 308 g/mol. The number of methoxy groups -OCH3 is 1. The highest BCUT2D eigenvalue weighted by Gasteiger charge is 2.21. The van der Waals surface area contributed by atoms with Gasteiger partial charge >= 0.3 is 5.97 Å². The van der Waals surface area contributed by atoms with E-state index in [1.54, 1.807) is 11.7 Å². The van der Waals surface area contributed by atoms with Crippen LogP contribution < -0.4 is 0 Å². The Morgan fingerprint density at radius 3 is 2.67 bits per heavy atom. The standard InChI is InChI=1S/C15H17ClN2O3/c1-21-10-6-5-9-12-13(14(19)20)17-15(16)18(12)11-7-3-2-4-8-11/h2-4,7-8H,5-6,9-10H2,1H3,(H,19,20). The molecular weight excluding hydrogens is 292 g/mol. The highest BCUT2D eigenvalue weighted by molar-refractivity contribution is 6.29. The van der Waals surface area contributed by atoms with Crippen molar-refractivity contribution in [2.45, 2.75) is 19.3 Å². The van der Waals surface area contributed by atoms with Crippen LogP contribution in [0, 0.1) is 0 Å². The molecule has 6 heteroatoms. The van der Waals surface area contributed by atoms with E-state index >= 15 is 0 Å². The highest BCUT2D eigenvalue weighted by atomic mass is 35.5. The first-order valence-electron chi connectivity index (χ1n) is 6.70. The summed E-state index contributed by atoms with van der Waals surface area (Å²) in [7, 11) is 1.65. The molecule has 2 rings (SSSR count). The van der Waals surface area contributed by atoms with Crippen molar-refractivity contribution >= 4 is 17.6 Å². The number of aromatic nitrogens is 2. The third kappa shape index (κ3) is 3.62. The summed E-state index contributed by atoms with van der Waals surface area (Å²) in [4.78, 5) is 15.3. The number of benzene rings is 1. The minimum Gasteiger partial charge on any atom is -0.476 e. The number of unbranched alkanes of at least 4 members (excludes halogenated alkanes) is 1. The lowest BCUT2D eigenvalue weighted by Crippen LogP contribution is -2.07. The summed E-state index contributed by atoms with van der Waals surface area (Å²) >= 11 is 6.13. The molecule has 0 aliphatic carbocycles. The number of halogens is 1. The summed E-state index contributed by atoms with van der Waals surface area (Å²) < 4.78 is 6.71. The zero-order valence-corrected chi connectivity index (χ0v) is 12.5. The summed E-state index contributed by atoms with van der Waals surface area (Å²) in [5.74, 6) is -1.06. The Bertz CT molecular complexity index is 611. The number of imidazole rings is 1. The van der Waals surface area contributed by atoms with Crippen LogP contribution in [0.5, 0.6) is 0 Å². The van der Waals surface area contributed by atoms with E-state index in [1.165, 1.54) is 0 Å². The predicted octanol–water partition coefficient (Wildman–Crippen LogP) is 3.19. The number of carboxylic acid groups (broad SMARTS) is 1. The van der Waals surface area contributed by atoms with Crippen LogP contribution in [0.1, 0.15) is 29.0 Å². The van der Waals surface area contributed by atoms with Crippen LogP contribution in [-0.4, -0.2) is 34.3 Å². The molecule has 1 N–H and O–H groups in total. The molecule has 1 aromatic heterocycles. The van der Waals surface area contributed by atoms with Crippen LogP contribution >= 0.6 is 11.6 Å². The molecule has 112 valence electrons. The van der Waals surface area contributed by atoms with Gasteiger partial charge in [-0.2, -0.15) is 0 Å². The minimum atomic E-state index is -1.06. The summed E-state index contributed by atoms with van der Waals surface area (Å²) in [6, 6.07) is 9.39. The van der Waals surface area contributed by atoms with Gasteiger partial charge in [-0.15, -0.1) is 0 Å². The number of carboxylic acids is 1. The van der Waals surface area contributed by atoms with Crippen LogP contribution in [0.2, 0.25) is 5.28 Å². The summed E-state index contributed by atoms with van der Waals surface area (Å²) in [6.45, 7) is 0.648. The number of aromatic carboxylic acids is 1. The summed E-state index contributed by atoms with van der Waals surface area (Å²) in [6.07, 6.45) is 2.25. The van der Waals surface area contributed by atoms with Gasteiger partial charge in [-0.05, 0) is 43.0 Å². The zero-order valence-electron chi connectivity index (χ0n) is 11.8. The number of hydrogen-bond acceptors (Lipinski definition) is 3. The zero-order chi connectivity index (χ0) is 15.2. The van der Waals surface area contributed by atoms with Crippen LogP contribution in [0.25, 0.3) is 5.69 Å². The molecule has 0 aliphatic rings. The number of hydrogen-bond donors (Lipinski definition) is 1. The van der Waals surface area contributed by atoms with Gasteiger partial charge in [0.05, 0.1) is 5.69 Å². The van der Waals surface area contributed by atoms with Gasteiger partial charge in [0.25, 0.3) is 0 Å². The van der Waals surface area contributed by atoms with Gasteiger partial charge < -0.3 is 9.84 Å². The van der Waals surface area contributed by atoms with E-state index in [9.17, 15) is 9.90 Å². The lowest BCUT2D eigenvalue weighted by atomic mass is 10.1. The Morgan fingerprint density at radius 2 is 2.05 bits per heavy atom. The first-order chi connectivity index (χ1) is 10.1. The molecule has 5 nitrogen and oxygen atoms in total. The second-order valence-corrected chi connectivity index (χ2v) is 4.94. The Kier molecular flexibility index (Phi) is 5.36. The van der Waals surface area contributed by atoms with E-state index in [1.807, 2.05) is 30.3 Å². The Balaban J connectivity index is 2.36. The molecule has 0 radical (unpaired) electrons. The SMILES string of the molecule is COCCCCc1c(C(=O)O)nc(Cl)n1-c1ccccc1. The molecule has 0 amide bonds. The summed E-state index contributed by atoms with van der Waals surface area (Å²) in [5, 5.41) is 9.46. The minimum absolute atomic E-state index is 0.0151. The maximum atomic E-state index is 11.3. The Morgan fingerprint density at radius 1 is 1.33 bits per heavy atom. The van der Waals surface area contributed by atoms with Crippen molar-refractivity contribution < 1.29 is 14.6 Å². The highest BCUT2D eigenvalue weighted by Crippen LogP contribution is 2.23. The van der Waals surface area contributed by atoms with E-state index in [4.69, 9.17) is 16.3 Å². The van der Waals surface area contributed by atoms with Gasteiger partial charge in [0.2, 0.25) is 5.28 Å². The summed E-state index contributed by atoms with van der Waals surface area (Å²) in [5.41, 5.74) is 1.44. The van der Waals surface area contributed by atoms with Crippen molar-refractivity contribution in [1.29, 1.82) is 0 Å². The number of carbonyl (C=O) groups is 1. The lowest BCUT2D eigenvalue weighted by molar-refractivity contribution is 0.0689. The number of rotatable bonds is 7. The van der Waals surface area contributed by atoms with E-state index in [2.05, 4.69) is 4.98 Å². The van der Waals surface area contributed by atoms with Crippen LogP contribution in [-0.2, 0) is 11.2 Å². The van der Waals surface area contributed by atoms with Gasteiger partial charge in [0.15, 0.2) is 5.69 Å². The Hall–Kier alpha value is -1.85. The largest absolute Gasteiger partial charge is 0.476 e. The molecule has 0 bridgehead atoms. The average molecular weight is 309 g/mol. The molecule has 0 saturated heterocycles. The molecule has 2 aromatic rings. The lowest BCUT2D eigenvalue weighted by Gasteiger charge is -2.10. The van der Waals surface area contributed by atoms with Gasteiger partial charge in [-0.3, -0.25) is 4.57 Å². The first kappa shape index (κ1) is 15.5. The van der Waals surface area contributed by atoms with Crippen molar-refractivity contribution in [3.05, 3.63) is 47.0 Å². The fourth-order valence-electron chi connectivity index (χ4n) is 2.20. The maximum Gasteiger partial charge on any atom is 0.356 e. The first-order valence-corrected chi connectivity index (χ1v) is 7.07. The molecule has 1 aromatic carbocycles. The second kappa shape index (κ2) is 7.24. The molecule has 0 unspecified atom stereocenters. The van der Waals surface area contributed by atoms with Crippen molar-refractivity contribution in [2.75, 3.05) is 13.7 Å². The molecular formula is C15H17ClN2O3. The fraction of sp³-hybridized carbons (Fsp3) is 0.333. The Labute approximate surface area is 128 Å². The average Bonchev–Trinajstić information content (AvgIpc) is 2.81. The van der Waals surface area contributed by atoms with Crippen molar-refractivity contribution in [2.24, 2.45) is 0 Å². The predicted molar refractivity (Wildman–Crippen MR) is 80.3 cm³/mol. The van der Waals surface area contributed by atoms with E-state index < -0.39 is 5.97 Å². The fourth-order valence-corrected chi connectivity index (χ4v) is 2.49. The number of ether oxygens (including phenoxy) is 1. The topological polar surface area (TPSA) is 64.3 Å². The molecule has 0 saturated carbocycles. The smallest absolute Gasteiger partial charge is 0.356 e. The van der Waals surface area contributed by atoms with E-state index in [-0.39, 0.29) is 11.0 Å². The quantitative estimate of drug-likeness (QED) is 0.798. The van der Waals surface area contributed by atoms with E-state index in [0.29, 0.717) is 18.7 Å².